The van der Waals surface area contributed by atoms with Gasteiger partial charge in [0.1, 0.15) is 5.75 Å². The van der Waals surface area contributed by atoms with E-state index >= 15 is 0 Å². The molecule has 3 heterocycles. The van der Waals surface area contributed by atoms with Gasteiger partial charge < -0.3 is 19.5 Å². The smallest absolute Gasteiger partial charge is 0.174 e. The number of pyridine rings is 1. The standard InChI is InChI=1S/C24H25ClN4OS/c1-14-12-18(15(2)28(14)16-7-8-16)23-22(20-6-4-5-11-26-20)27-24(31)29(23)17-9-10-21(30-3)19(25)13-17/h4-6,9-13,16,22-23H,7-8H2,1-3H3,(H,27,31)/t22-,23+/m0/s1. The van der Waals surface area contributed by atoms with Gasteiger partial charge in [-0.1, -0.05) is 17.7 Å². The molecule has 5 rings (SSSR count). The van der Waals surface area contributed by atoms with Crippen molar-refractivity contribution in [2.75, 3.05) is 12.0 Å². The fraction of sp³-hybridized carbons (Fsp3) is 0.333. The average Bonchev–Trinajstić information content (AvgIpc) is 3.47. The Morgan fingerprint density at radius 2 is 1.97 bits per heavy atom. The molecule has 1 N–H and O–H groups in total. The number of aromatic nitrogens is 2. The first-order chi connectivity index (χ1) is 15.0. The molecule has 160 valence electrons. The SMILES string of the molecule is COc1ccc(N2C(=S)N[C@@H](c3ccccn3)[C@H]2c2cc(C)n(C3CC3)c2C)cc1Cl. The molecule has 31 heavy (non-hydrogen) atoms. The molecule has 1 aliphatic carbocycles. The fourth-order valence-corrected chi connectivity index (χ4v) is 5.35. The average molecular weight is 453 g/mol. The maximum absolute atomic E-state index is 6.48. The highest BCUT2D eigenvalue weighted by Gasteiger charge is 2.43. The van der Waals surface area contributed by atoms with Crippen molar-refractivity contribution < 1.29 is 4.74 Å². The summed E-state index contributed by atoms with van der Waals surface area (Å²) in [5.74, 6) is 0.647. The van der Waals surface area contributed by atoms with Crippen molar-refractivity contribution in [1.29, 1.82) is 0 Å². The number of nitrogens with zero attached hydrogens (tertiary/aromatic N) is 3. The number of ether oxygens (including phenoxy) is 1. The zero-order valence-corrected chi connectivity index (χ0v) is 19.4. The fourth-order valence-electron chi connectivity index (χ4n) is 4.75. The van der Waals surface area contributed by atoms with Crippen LogP contribution in [0.1, 0.15) is 53.6 Å². The van der Waals surface area contributed by atoms with Crippen molar-refractivity contribution in [2.45, 2.75) is 44.8 Å². The normalized spacial score (nSPS) is 20.8. The lowest BCUT2D eigenvalue weighted by Crippen LogP contribution is -2.29. The first kappa shape index (κ1) is 20.3. The van der Waals surface area contributed by atoms with Crippen LogP contribution in [0.2, 0.25) is 5.02 Å². The van der Waals surface area contributed by atoms with Gasteiger partial charge in [0.2, 0.25) is 0 Å². The molecule has 7 heteroatoms. The summed E-state index contributed by atoms with van der Waals surface area (Å²) in [6.45, 7) is 4.41. The van der Waals surface area contributed by atoms with Crippen molar-refractivity contribution in [2.24, 2.45) is 0 Å². The van der Waals surface area contributed by atoms with Gasteiger partial charge in [0, 0.05) is 29.3 Å². The predicted molar refractivity (Wildman–Crippen MR) is 128 cm³/mol. The summed E-state index contributed by atoms with van der Waals surface area (Å²) in [7, 11) is 1.62. The van der Waals surface area contributed by atoms with Crippen molar-refractivity contribution >= 4 is 34.6 Å². The maximum atomic E-state index is 6.48. The molecule has 1 aromatic carbocycles. The Labute approximate surface area is 193 Å². The van der Waals surface area contributed by atoms with Gasteiger partial charge in [-0.3, -0.25) is 4.98 Å². The molecule has 2 fully saturated rings. The first-order valence-electron chi connectivity index (χ1n) is 10.5. The van der Waals surface area contributed by atoms with Gasteiger partial charge in [-0.15, -0.1) is 0 Å². The lowest BCUT2D eigenvalue weighted by atomic mass is 9.96. The van der Waals surface area contributed by atoms with Crippen molar-refractivity contribution in [3.8, 4) is 5.75 Å². The summed E-state index contributed by atoms with van der Waals surface area (Å²) in [4.78, 5) is 6.81. The maximum Gasteiger partial charge on any atom is 0.174 e. The summed E-state index contributed by atoms with van der Waals surface area (Å²) in [5.41, 5.74) is 5.75. The second-order valence-electron chi connectivity index (χ2n) is 8.24. The van der Waals surface area contributed by atoms with E-state index < -0.39 is 0 Å². The molecule has 2 aliphatic rings. The van der Waals surface area contributed by atoms with Crippen LogP contribution in [0.25, 0.3) is 0 Å². The highest BCUT2D eigenvalue weighted by atomic mass is 35.5. The monoisotopic (exact) mass is 452 g/mol. The van der Waals surface area contributed by atoms with Crippen LogP contribution < -0.4 is 15.0 Å². The van der Waals surface area contributed by atoms with Gasteiger partial charge in [-0.2, -0.15) is 0 Å². The van der Waals surface area contributed by atoms with E-state index in [1.54, 1.807) is 7.11 Å². The summed E-state index contributed by atoms with van der Waals surface area (Å²) in [5, 5.41) is 4.75. The number of benzene rings is 1. The Morgan fingerprint density at radius 3 is 2.61 bits per heavy atom. The number of methoxy groups -OCH3 is 1. The van der Waals surface area contributed by atoms with Crippen molar-refractivity contribution in [3.63, 3.8) is 0 Å². The van der Waals surface area contributed by atoms with E-state index in [-0.39, 0.29) is 12.1 Å². The summed E-state index contributed by atoms with van der Waals surface area (Å²) >= 11 is 12.3. The van der Waals surface area contributed by atoms with Crippen molar-refractivity contribution in [3.05, 3.63) is 76.3 Å². The van der Waals surface area contributed by atoms with Crippen LogP contribution >= 0.6 is 23.8 Å². The highest BCUT2D eigenvalue weighted by molar-refractivity contribution is 7.80. The number of thiocarbonyl (C=S) groups is 1. The minimum Gasteiger partial charge on any atom is -0.495 e. The van der Waals surface area contributed by atoms with Crippen LogP contribution in [0, 0.1) is 13.8 Å². The molecule has 1 saturated heterocycles. The lowest BCUT2D eigenvalue weighted by Gasteiger charge is -2.28. The molecule has 5 nitrogen and oxygen atoms in total. The number of anilines is 1. The largest absolute Gasteiger partial charge is 0.495 e. The number of hydrogen-bond donors (Lipinski definition) is 1. The Bertz CT molecular complexity index is 1140. The molecule has 0 unspecified atom stereocenters. The second kappa shape index (κ2) is 7.84. The Morgan fingerprint density at radius 1 is 1.16 bits per heavy atom. The molecule has 2 aromatic heterocycles. The van der Waals surface area contributed by atoms with Crippen LogP contribution in [0.3, 0.4) is 0 Å². The van der Waals surface area contributed by atoms with Gasteiger partial charge in [-0.25, -0.2) is 0 Å². The van der Waals surface area contributed by atoms with E-state index in [1.807, 2.05) is 36.5 Å². The molecule has 0 radical (unpaired) electrons. The minimum absolute atomic E-state index is 0.0365. The zero-order valence-electron chi connectivity index (χ0n) is 17.8. The summed E-state index contributed by atoms with van der Waals surface area (Å²) in [6.07, 6.45) is 4.33. The van der Waals surface area contributed by atoms with E-state index in [0.29, 0.717) is 21.9 Å². The number of hydrogen-bond acceptors (Lipinski definition) is 3. The van der Waals surface area contributed by atoms with E-state index in [4.69, 9.17) is 28.6 Å². The van der Waals surface area contributed by atoms with Crippen LogP contribution in [-0.2, 0) is 0 Å². The first-order valence-corrected chi connectivity index (χ1v) is 11.3. The number of nitrogens with one attached hydrogen (secondary N) is 1. The Hall–Kier alpha value is -2.57. The third-order valence-corrected chi connectivity index (χ3v) is 6.88. The van der Waals surface area contributed by atoms with Crippen LogP contribution in [0.15, 0.2) is 48.7 Å². The molecular weight excluding hydrogens is 428 g/mol. The van der Waals surface area contributed by atoms with Gasteiger partial charge in [0.25, 0.3) is 0 Å². The molecule has 3 aromatic rings. The Kier molecular flexibility index (Phi) is 5.15. The van der Waals surface area contributed by atoms with Gasteiger partial charge in [-0.05, 0) is 80.9 Å². The Balaban J connectivity index is 1.65. The lowest BCUT2D eigenvalue weighted by molar-refractivity contribution is 0.415. The van der Waals surface area contributed by atoms with E-state index in [2.05, 4.69) is 45.7 Å². The third kappa shape index (κ3) is 3.48. The molecular formula is C24H25ClN4OS. The molecule has 1 aliphatic heterocycles. The topological polar surface area (TPSA) is 42.3 Å². The van der Waals surface area contributed by atoms with Crippen LogP contribution in [0.5, 0.6) is 5.75 Å². The number of halogens is 1. The summed E-state index contributed by atoms with van der Waals surface area (Å²) in [6, 6.07) is 14.6. The third-order valence-electron chi connectivity index (χ3n) is 6.27. The minimum atomic E-state index is -0.0669. The second-order valence-corrected chi connectivity index (χ2v) is 9.04. The molecule has 0 amide bonds. The highest BCUT2D eigenvalue weighted by Crippen LogP contribution is 2.46. The quantitative estimate of drug-likeness (QED) is 0.505. The van der Waals surface area contributed by atoms with E-state index in [9.17, 15) is 0 Å². The van der Waals surface area contributed by atoms with Gasteiger partial charge in [0.15, 0.2) is 5.11 Å². The molecule has 1 saturated carbocycles. The predicted octanol–water partition coefficient (Wildman–Crippen LogP) is 5.67. The molecule has 0 spiro atoms. The molecule has 2 atom stereocenters. The number of rotatable bonds is 5. The van der Waals surface area contributed by atoms with Crippen LogP contribution in [0.4, 0.5) is 5.69 Å². The molecule has 0 bridgehead atoms. The van der Waals surface area contributed by atoms with Gasteiger partial charge in [0.05, 0.1) is 29.9 Å². The van der Waals surface area contributed by atoms with Gasteiger partial charge >= 0.3 is 0 Å². The zero-order chi connectivity index (χ0) is 21.7. The van der Waals surface area contributed by atoms with E-state index in [0.717, 1.165) is 11.4 Å². The summed E-state index contributed by atoms with van der Waals surface area (Å²) < 4.78 is 7.83. The number of aryl methyl sites for hydroxylation is 1. The van der Waals surface area contributed by atoms with Crippen LogP contribution in [-0.4, -0.2) is 21.8 Å². The van der Waals surface area contributed by atoms with E-state index in [1.165, 1.54) is 29.8 Å². The van der Waals surface area contributed by atoms with Crippen molar-refractivity contribution in [1.82, 2.24) is 14.9 Å².